The maximum atomic E-state index is 13.0. The number of esters is 1. The third kappa shape index (κ3) is 5.07. The Morgan fingerprint density at radius 2 is 1.76 bits per heavy atom. The molecule has 0 atom stereocenters. The molecule has 0 unspecified atom stereocenters. The first kappa shape index (κ1) is 20.3. The van der Waals surface area contributed by atoms with E-state index in [-0.39, 0.29) is 30.9 Å². The zero-order chi connectivity index (χ0) is 20.8. The fraction of sp³-hybridized carbons (Fsp3) is 0.273. The molecule has 0 aliphatic heterocycles. The summed E-state index contributed by atoms with van der Waals surface area (Å²) < 4.78 is 10.5. The smallest absolute Gasteiger partial charge is 0.310 e. The van der Waals surface area contributed by atoms with Crippen LogP contribution in [0.25, 0.3) is 11.4 Å². The van der Waals surface area contributed by atoms with Crippen LogP contribution in [0.3, 0.4) is 0 Å². The third-order valence-electron chi connectivity index (χ3n) is 4.31. The predicted octanol–water partition coefficient (Wildman–Crippen LogP) is 4.10. The first-order valence-corrected chi connectivity index (χ1v) is 9.47. The topological polar surface area (TPSA) is 85.5 Å². The second-order valence-corrected chi connectivity index (χ2v) is 6.76. The number of aromatic nitrogens is 2. The van der Waals surface area contributed by atoms with Gasteiger partial charge in [0.2, 0.25) is 11.7 Å². The van der Waals surface area contributed by atoms with Gasteiger partial charge in [-0.2, -0.15) is 4.98 Å². The van der Waals surface area contributed by atoms with Crippen molar-refractivity contribution in [3.05, 3.63) is 66.1 Å². The quantitative estimate of drug-likeness (QED) is 0.444. The lowest BCUT2D eigenvalue weighted by Gasteiger charge is -2.25. The zero-order valence-corrected chi connectivity index (χ0v) is 16.7. The van der Waals surface area contributed by atoms with Crippen molar-refractivity contribution in [3.63, 3.8) is 0 Å². The Hall–Kier alpha value is -3.48. The summed E-state index contributed by atoms with van der Waals surface area (Å²) >= 11 is 0. The van der Waals surface area contributed by atoms with E-state index in [0.717, 1.165) is 5.56 Å². The molecule has 7 heteroatoms. The number of amides is 1. The number of hydrogen-bond acceptors (Lipinski definition) is 6. The fourth-order valence-corrected chi connectivity index (χ4v) is 2.69. The highest BCUT2D eigenvalue weighted by molar-refractivity contribution is 5.94. The maximum absolute atomic E-state index is 13.0. The number of ether oxygens (including phenoxy) is 1. The number of benzene rings is 2. The standard InChI is InChI=1S/C22H23N3O4/c1-4-20(26)28-18-12-10-17(11-13-18)22(27)25(15(2)3)14-19-23-21(24-29-19)16-8-6-5-7-9-16/h5-13,15H,4,14H2,1-3H3. The molecule has 3 aromatic rings. The molecule has 0 aliphatic rings. The van der Waals surface area contributed by atoms with Gasteiger partial charge in [0.05, 0.1) is 0 Å². The Morgan fingerprint density at radius 3 is 2.38 bits per heavy atom. The van der Waals surface area contributed by atoms with Crippen LogP contribution in [0.4, 0.5) is 0 Å². The van der Waals surface area contributed by atoms with Crippen LogP contribution in [0.2, 0.25) is 0 Å². The molecule has 1 aromatic heterocycles. The predicted molar refractivity (Wildman–Crippen MR) is 107 cm³/mol. The van der Waals surface area contributed by atoms with Crippen LogP contribution in [-0.4, -0.2) is 33.0 Å². The summed E-state index contributed by atoms with van der Waals surface area (Å²) in [5, 5.41) is 4.01. The molecule has 2 aromatic carbocycles. The van der Waals surface area contributed by atoms with E-state index in [1.54, 1.807) is 36.1 Å². The average molecular weight is 393 g/mol. The van der Waals surface area contributed by atoms with E-state index in [1.807, 2.05) is 44.2 Å². The second kappa shape index (κ2) is 9.14. The number of nitrogens with zero attached hydrogens (tertiary/aromatic N) is 3. The largest absolute Gasteiger partial charge is 0.427 e. The van der Waals surface area contributed by atoms with Crippen LogP contribution in [0, 0.1) is 0 Å². The van der Waals surface area contributed by atoms with Gasteiger partial charge in [0, 0.05) is 23.6 Å². The van der Waals surface area contributed by atoms with Crippen LogP contribution < -0.4 is 4.74 Å². The van der Waals surface area contributed by atoms with Gasteiger partial charge < -0.3 is 14.2 Å². The fourth-order valence-electron chi connectivity index (χ4n) is 2.69. The summed E-state index contributed by atoms with van der Waals surface area (Å²) in [7, 11) is 0. The monoisotopic (exact) mass is 393 g/mol. The highest BCUT2D eigenvalue weighted by Gasteiger charge is 2.22. The second-order valence-electron chi connectivity index (χ2n) is 6.76. The molecule has 0 fully saturated rings. The summed E-state index contributed by atoms with van der Waals surface area (Å²) in [4.78, 5) is 30.4. The van der Waals surface area contributed by atoms with Crippen LogP contribution in [0.1, 0.15) is 43.4 Å². The number of rotatable bonds is 7. The van der Waals surface area contributed by atoms with Gasteiger partial charge in [-0.05, 0) is 38.1 Å². The maximum Gasteiger partial charge on any atom is 0.310 e. The molecule has 150 valence electrons. The molecule has 1 amide bonds. The van der Waals surface area contributed by atoms with E-state index in [0.29, 0.717) is 23.0 Å². The Balaban J connectivity index is 1.73. The first-order chi connectivity index (χ1) is 14.0. The summed E-state index contributed by atoms with van der Waals surface area (Å²) in [5.74, 6) is 0.762. The van der Waals surface area contributed by atoms with Gasteiger partial charge in [0.25, 0.3) is 5.91 Å². The summed E-state index contributed by atoms with van der Waals surface area (Å²) in [5.41, 5.74) is 1.33. The summed E-state index contributed by atoms with van der Waals surface area (Å²) in [6.45, 7) is 5.76. The van der Waals surface area contributed by atoms with E-state index < -0.39 is 0 Å². The Labute approximate surface area is 169 Å². The normalized spacial score (nSPS) is 10.8. The molecule has 7 nitrogen and oxygen atoms in total. The van der Waals surface area contributed by atoms with Crippen LogP contribution in [0.5, 0.6) is 5.75 Å². The minimum absolute atomic E-state index is 0.0767. The van der Waals surface area contributed by atoms with Crippen molar-refractivity contribution in [2.45, 2.75) is 39.8 Å². The van der Waals surface area contributed by atoms with E-state index in [9.17, 15) is 9.59 Å². The zero-order valence-electron chi connectivity index (χ0n) is 16.7. The van der Waals surface area contributed by atoms with E-state index in [4.69, 9.17) is 9.26 Å². The molecule has 0 bridgehead atoms. The summed E-state index contributed by atoms with van der Waals surface area (Å²) in [6.07, 6.45) is 0.289. The molecule has 0 N–H and O–H groups in total. The Kier molecular flexibility index (Phi) is 6.39. The summed E-state index contributed by atoms with van der Waals surface area (Å²) in [6, 6.07) is 15.9. The average Bonchev–Trinajstić information content (AvgIpc) is 3.21. The highest BCUT2D eigenvalue weighted by atomic mass is 16.5. The Bertz CT molecular complexity index is 965. The molecular weight excluding hydrogens is 370 g/mol. The molecule has 0 aliphatic carbocycles. The molecule has 0 radical (unpaired) electrons. The van der Waals surface area contributed by atoms with Crippen molar-refractivity contribution in [1.82, 2.24) is 15.0 Å². The van der Waals surface area contributed by atoms with Gasteiger partial charge in [-0.1, -0.05) is 42.4 Å². The lowest BCUT2D eigenvalue weighted by atomic mass is 10.1. The van der Waals surface area contributed by atoms with E-state index >= 15 is 0 Å². The SMILES string of the molecule is CCC(=O)Oc1ccc(C(=O)N(Cc2nc(-c3ccccc3)no2)C(C)C)cc1. The van der Waals surface area contributed by atoms with Gasteiger partial charge in [-0.25, -0.2) is 0 Å². The van der Waals surface area contributed by atoms with Crippen molar-refractivity contribution in [1.29, 1.82) is 0 Å². The first-order valence-electron chi connectivity index (χ1n) is 9.47. The van der Waals surface area contributed by atoms with Crippen molar-refractivity contribution in [2.24, 2.45) is 0 Å². The molecule has 1 heterocycles. The molecule has 3 rings (SSSR count). The van der Waals surface area contributed by atoms with Crippen molar-refractivity contribution in [2.75, 3.05) is 0 Å². The van der Waals surface area contributed by atoms with Gasteiger partial charge in [0.1, 0.15) is 12.3 Å². The lowest BCUT2D eigenvalue weighted by molar-refractivity contribution is -0.134. The molecule has 0 spiro atoms. The minimum Gasteiger partial charge on any atom is -0.427 e. The van der Waals surface area contributed by atoms with Crippen molar-refractivity contribution < 1.29 is 18.8 Å². The molecule has 0 saturated heterocycles. The van der Waals surface area contributed by atoms with Crippen LogP contribution in [0.15, 0.2) is 59.1 Å². The number of carbonyl (C=O) groups is 2. The van der Waals surface area contributed by atoms with Crippen LogP contribution >= 0.6 is 0 Å². The van der Waals surface area contributed by atoms with E-state index in [1.165, 1.54) is 0 Å². The van der Waals surface area contributed by atoms with Gasteiger partial charge in [0.15, 0.2) is 0 Å². The van der Waals surface area contributed by atoms with Crippen molar-refractivity contribution >= 4 is 11.9 Å². The highest BCUT2D eigenvalue weighted by Crippen LogP contribution is 2.19. The van der Waals surface area contributed by atoms with Crippen LogP contribution in [-0.2, 0) is 11.3 Å². The van der Waals surface area contributed by atoms with E-state index in [2.05, 4.69) is 10.1 Å². The number of carbonyl (C=O) groups excluding carboxylic acids is 2. The number of hydrogen-bond donors (Lipinski definition) is 0. The van der Waals surface area contributed by atoms with Crippen molar-refractivity contribution in [3.8, 4) is 17.1 Å². The molecule has 0 saturated carbocycles. The minimum atomic E-state index is -0.321. The van der Waals surface area contributed by atoms with Gasteiger partial charge >= 0.3 is 5.97 Å². The third-order valence-corrected chi connectivity index (χ3v) is 4.31. The van der Waals surface area contributed by atoms with Gasteiger partial charge in [-0.3, -0.25) is 9.59 Å². The molecule has 29 heavy (non-hydrogen) atoms. The van der Waals surface area contributed by atoms with Gasteiger partial charge in [-0.15, -0.1) is 0 Å². The molecular formula is C22H23N3O4. The Morgan fingerprint density at radius 1 is 1.07 bits per heavy atom. The lowest BCUT2D eigenvalue weighted by Crippen LogP contribution is -2.36.